The molecule has 19 heavy (non-hydrogen) atoms. The summed E-state index contributed by atoms with van der Waals surface area (Å²) >= 11 is 0. The van der Waals surface area contributed by atoms with Crippen LogP contribution in [-0.2, 0) is 0 Å². The van der Waals surface area contributed by atoms with Crippen LogP contribution < -0.4 is 11.1 Å². The molecule has 1 aromatic rings. The number of hydrogen-bond acceptors (Lipinski definition) is 3. The van der Waals surface area contributed by atoms with Crippen LogP contribution in [0.4, 0.5) is 15.8 Å². The summed E-state index contributed by atoms with van der Waals surface area (Å²) in [5.74, 6) is -1.65. The van der Waals surface area contributed by atoms with Gasteiger partial charge in [-0.3, -0.25) is 0 Å². The Morgan fingerprint density at radius 1 is 1.53 bits per heavy atom. The highest BCUT2D eigenvalue weighted by Crippen LogP contribution is 2.49. The van der Waals surface area contributed by atoms with Gasteiger partial charge in [0.05, 0.1) is 11.3 Å². The molecule has 0 unspecified atom stereocenters. The average Bonchev–Trinajstić information content (AvgIpc) is 3.08. The predicted octanol–water partition coefficient (Wildman–Crippen LogP) is 3.10. The van der Waals surface area contributed by atoms with Crippen LogP contribution in [0.25, 0.3) is 0 Å². The highest BCUT2D eigenvalue weighted by Gasteiger charge is 2.41. The Morgan fingerprint density at radius 3 is 2.74 bits per heavy atom. The van der Waals surface area contributed by atoms with E-state index in [2.05, 4.69) is 12.2 Å². The standard InChI is InChI=1S/C14H19FN2O2/c1-2-3-14(4-5-14)8-17-12-6-9(13(18)19)11(16)7-10(12)15/h6-7,17H,2-5,8,16H2,1H3,(H,18,19). The van der Waals surface area contributed by atoms with Gasteiger partial charge in [-0.05, 0) is 36.8 Å². The van der Waals surface area contributed by atoms with Crippen LogP contribution in [0.1, 0.15) is 43.0 Å². The van der Waals surface area contributed by atoms with Gasteiger partial charge < -0.3 is 16.2 Å². The first-order valence-corrected chi connectivity index (χ1v) is 6.53. The topological polar surface area (TPSA) is 75.3 Å². The number of hydrogen-bond donors (Lipinski definition) is 3. The highest BCUT2D eigenvalue weighted by molar-refractivity contribution is 5.94. The Labute approximate surface area is 111 Å². The fourth-order valence-electron chi connectivity index (χ4n) is 2.41. The lowest BCUT2D eigenvalue weighted by atomic mass is 10.0. The minimum atomic E-state index is -1.14. The summed E-state index contributed by atoms with van der Waals surface area (Å²) in [6.07, 6.45) is 4.51. The third-order valence-electron chi connectivity index (χ3n) is 3.76. The van der Waals surface area contributed by atoms with Crippen molar-refractivity contribution in [2.75, 3.05) is 17.6 Å². The van der Waals surface area contributed by atoms with Gasteiger partial charge in [0.1, 0.15) is 5.82 Å². The minimum Gasteiger partial charge on any atom is -0.478 e. The lowest BCUT2D eigenvalue weighted by molar-refractivity contribution is 0.0698. The Hall–Kier alpha value is -1.78. The first-order valence-electron chi connectivity index (χ1n) is 6.53. The van der Waals surface area contributed by atoms with Gasteiger partial charge in [-0.15, -0.1) is 0 Å². The molecular weight excluding hydrogens is 247 g/mol. The number of benzene rings is 1. The number of carbonyl (C=O) groups is 1. The van der Waals surface area contributed by atoms with Gasteiger partial charge in [-0.1, -0.05) is 13.3 Å². The van der Waals surface area contributed by atoms with Gasteiger partial charge >= 0.3 is 5.97 Å². The minimum absolute atomic E-state index is 0.0507. The Morgan fingerprint density at radius 2 is 2.21 bits per heavy atom. The van der Waals surface area contributed by atoms with Crippen molar-refractivity contribution < 1.29 is 14.3 Å². The number of aromatic carboxylic acids is 1. The molecular formula is C14H19FN2O2. The first-order chi connectivity index (χ1) is 8.97. The van der Waals surface area contributed by atoms with Crippen LogP contribution in [0.2, 0.25) is 0 Å². The van der Waals surface area contributed by atoms with Crippen LogP contribution in [0.5, 0.6) is 0 Å². The number of halogens is 1. The fraction of sp³-hybridized carbons (Fsp3) is 0.500. The summed E-state index contributed by atoms with van der Waals surface area (Å²) < 4.78 is 13.7. The third kappa shape index (κ3) is 2.97. The lowest BCUT2D eigenvalue weighted by Crippen LogP contribution is -2.16. The number of carboxylic acid groups (broad SMARTS) is 1. The van der Waals surface area contributed by atoms with E-state index in [-0.39, 0.29) is 22.4 Å². The van der Waals surface area contributed by atoms with E-state index in [1.54, 1.807) is 0 Å². The number of nitrogen functional groups attached to an aromatic ring is 1. The Balaban J connectivity index is 2.12. The van der Waals surface area contributed by atoms with E-state index < -0.39 is 11.8 Å². The molecule has 1 aromatic carbocycles. The Kier molecular flexibility index (Phi) is 3.64. The number of carboxylic acids is 1. The van der Waals surface area contributed by atoms with E-state index in [1.807, 2.05) is 0 Å². The van der Waals surface area contributed by atoms with E-state index >= 15 is 0 Å². The SMILES string of the molecule is CCCC1(CNc2cc(C(=O)O)c(N)cc2F)CC1. The molecule has 0 saturated heterocycles. The zero-order valence-corrected chi connectivity index (χ0v) is 11.0. The molecule has 4 N–H and O–H groups in total. The molecule has 0 atom stereocenters. The van der Waals surface area contributed by atoms with Crippen molar-refractivity contribution in [3.05, 3.63) is 23.5 Å². The van der Waals surface area contributed by atoms with Gasteiger partial charge in [-0.25, -0.2) is 9.18 Å². The van der Waals surface area contributed by atoms with Crippen molar-refractivity contribution in [3.63, 3.8) is 0 Å². The van der Waals surface area contributed by atoms with Gasteiger partial charge in [0, 0.05) is 12.2 Å². The van der Waals surface area contributed by atoms with Crippen molar-refractivity contribution in [2.24, 2.45) is 5.41 Å². The summed E-state index contributed by atoms with van der Waals surface area (Å²) in [5.41, 5.74) is 5.85. The van der Waals surface area contributed by atoms with Crippen molar-refractivity contribution >= 4 is 17.3 Å². The number of nitrogens with two attached hydrogens (primary N) is 1. The van der Waals surface area contributed by atoms with Crippen molar-refractivity contribution in [1.29, 1.82) is 0 Å². The predicted molar refractivity (Wildman–Crippen MR) is 72.8 cm³/mol. The maximum Gasteiger partial charge on any atom is 0.337 e. The molecule has 0 aromatic heterocycles. The largest absolute Gasteiger partial charge is 0.478 e. The molecule has 1 saturated carbocycles. The molecule has 1 aliphatic rings. The van der Waals surface area contributed by atoms with Crippen molar-refractivity contribution in [3.8, 4) is 0 Å². The van der Waals surface area contributed by atoms with Crippen molar-refractivity contribution in [1.82, 2.24) is 0 Å². The molecule has 0 amide bonds. The second-order valence-corrected chi connectivity index (χ2v) is 5.33. The fourth-order valence-corrected chi connectivity index (χ4v) is 2.41. The molecule has 1 fully saturated rings. The molecule has 0 spiro atoms. The number of anilines is 2. The van der Waals surface area contributed by atoms with E-state index in [0.717, 1.165) is 31.7 Å². The molecule has 0 bridgehead atoms. The number of rotatable bonds is 6. The third-order valence-corrected chi connectivity index (χ3v) is 3.76. The molecule has 0 aliphatic heterocycles. The summed E-state index contributed by atoms with van der Waals surface area (Å²) in [6.45, 7) is 2.81. The lowest BCUT2D eigenvalue weighted by Gasteiger charge is -2.17. The van der Waals surface area contributed by atoms with E-state index in [1.165, 1.54) is 6.07 Å². The number of nitrogens with one attached hydrogen (secondary N) is 1. The van der Waals surface area contributed by atoms with E-state index in [0.29, 0.717) is 6.54 Å². The molecule has 5 heteroatoms. The van der Waals surface area contributed by atoms with Crippen LogP contribution in [0, 0.1) is 11.2 Å². The molecule has 1 aliphatic carbocycles. The molecule has 104 valence electrons. The van der Waals surface area contributed by atoms with Crippen molar-refractivity contribution in [2.45, 2.75) is 32.6 Å². The monoisotopic (exact) mass is 266 g/mol. The zero-order chi connectivity index (χ0) is 14.0. The van der Waals surface area contributed by atoms with Crippen LogP contribution in [0.3, 0.4) is 0 Å². The summed E-state index contributed by atoms with van der Waals surface area (Å²) in [6, 6.07) is 2.33. The highest BCUT2D eigenvalue weighted by atomic mass is 19.1. The molecule has 0 radical (unpaired) electrons. The van der Waals surface area contributed by atoms with Crippen LogP contribution in [0.15, 0.2) is 12.1 Å². The maximum absolute atomic E-state index is 13.7. The van der Waals surface area contributed by atoms with E-state index in [9.17, 15) is 9.18 Å². The summed E-state index contributed by atoms with van der Waals surface area (Å²) in [5, 5.41) is 12.0. The van der Waals surface area contributed by atoms with Gasteiger partial charge in [0.15, 0.2) is 0 Å². The summed E-state index contributed by atoms with van der Waals surface area (Å²) in [4.78, 5) is 11.0. The van der Waals surface area contributed by atoms with Gasteiger partial charge in [0.25, 0.3) is 0 Å². The van der Waals surface area contributed by atoms with Crippen LogP contribution >= 0.6 is 0 Å². The van der Waals surface area contributed by atoms with Gasteiger partial charge in [0.2, 0.25) is 0 Å². The quantitative estimate of drug-likeness (QED) is 0.691. The first kappa shape index (κ1) is 13.6. The van der Waals surface area contributed by atoms with Gasteiger partial charge in [-0.2, -0.15) is 0 Å². The van der Waals surface area contributed by atoms with E-state index in [4.69, 9.17) is 10.8 Å². The second-order valence-electron chi connectivity index (χ2n) is 5.33. The zero-order valence-electron chi connectivity index (χ0n) is 11.0. The van der Waals surface area contributed by atoms with Crippen LogP contribution in [-0.4, -0.2) is 17.6 Å². The smallest absolute Gasteiger partial charge is 0.337 e. The Bertz CT molecular complexity index is 498. The summed E-state index contributed by atoms with van der Waals surface area (Å²) in [7, 11) is 0. The molecule has 0 heterocycles. The molecule has 4 nitrogen and oxygen atoms in total. The molecule has 2 rings (SSSR count). The average molecular weight is 266 g/mol. The maximum atomic E-state index is 13.7. The normalized spacial score (nSPS) is 16.1. The second kappa shape index (κ2) is 5.07.